The molecule has 17 heavy (non-hydrogen) atoms. The highest BCUT2D eigenvalue weighted by Gasteiger charge is 2.50. The molecule has 0 aliphatic heterocycles. The first-order valence-corrected chi connectivity index (χ1v) is 6.30. The summed E-state index contributed by atoms with van der Waals surface area (Å²) in [7, 11) is 0. The summed E-state index contributed by atoms with van der Waals surface area (Å²) in [6, 6.07) is 6.16. The van der Waals surface area contributed by atoms with Gasteiger partial charge in [-0.3, -0.25) is 4.79 Å². The molecule has 0 bridgehead atoms. The number of carboxylic acids is 1. The van der Waals surface area contributed by atoms with Crippen molar-refractivity contribution in [3.63, 3.8) is 0 Å². The second-order valence-electron chi connectivity index (χ2n) is 5.45. The lowest BCUT2D eigenvalue weighted by molar-refractivity contribution is -0.149. The quantitative estimate of drug-likeness (QED) is 0.866. The second kappa shape index (κ2) is 4.17. The summed E-state index contributed by atoms with van der Waals surface area (Å²) in [5, 5.41) is 9.53. The minimum atomic E-state index is -0.660. The number of benzene rings is 1. The molecular weight excluding hydrogens is 212 g/mol. The van der Waals surface area contributed by atoms with Crippen molar-refractivity contribution in [1.82, 2.24) is 0 Å². The number of carbonyl (C=O) groups is 1. The molecule has 0 spiro atoms. The van der Waals surface area contributed by atoms with Crippen LogP contribution < -0.4 is 0 Å². The Labute approximate surface area is 103 Å². The van der Waals surface area contributed by atoms with Gasteiger partial charge in [0.05, 0.1) is 5.41 Å². The van der Waals surface area contributed by atoms with Crippen LogP contribution in [0.1, 0.15) is 42.9 Å². The topological polar surface area (TPSA) is 37.3 Å². The van der Waals surface area contributed by atoms with Crippen molar-refractivity contribution >= 4 is 5.97 Å². The summed E-state index contributed by atoms with van der Waals surface area (Å²) in [6.07, 6.45) is 2.67. The van der Waals surface area contributed by atoms with Gasteiger partial charge in [-0.05, 0) is 38.2 Å². The lowest BCUT2D eigenvalue weighted by atomic mass is 9.57. The summed E-state index contributed by atoms with van der Waals surface area (Å²) in [5.74, 6) is -0.0841. The van der Waals surface area contributed by atoms with Crippen molar-refractivity contribution in [1.29, 1.82) is 0 Å². The molecular formula is C15H20O2. The predicted octanol–water partition coefficient (Wildman–Crippen LogP) is 3.45. The highest BCUT2D eigenvalue weighted by atomic mass is 16.4. The van der Waals surface area contributed by atoms with Crippen LogP contribution in [0.4, 0.5) is 0 Å². The van der Waals surface area contributed by atoms with E-state index in [1.54, 1.807) is 0 Å². The molecule has 0 atom stereocenters. The molecule has 1 aliphatic carbocycles. The van der Waals surface area contributed by atoms with E-state index in [4.69, 9.17) is 0 Å². The number of hydrogen-bond donors (Lipinski definition) is 1. The fraction of sp³-hybridized carbons (Fsp3) is 0.533. The maximum Gasteiger partial charge on any atom is 0.314 e. The monoisotopic (exact) mass is 232 g/mol. The van der Waals surface area contributed by atoms with E-state index in [0.717, 1.165) is 36.0 Å². The zero-order valence-electron chi connectivity index (χ0n) is 10.8. The molecule has 0 aromatic heterocycles. The SMILES string of the molecule is CCC1CC(C(=O)O)(c2cc(C)cc(C)c2)C1. The Morgan fingerprint density at radius 2 is 1.82 bits per heavy atom. The van der Waals surface area contributed by atoms with Gasteiger partial charge in [0.15, 0.2) is 0 Å². The summed E-state index contributed by atoms with van der Waals surface area (Å²) < 4.78 is 0. The van der Waals surface area contributed by atoms with Gasteiger partial charge in [0.25, 0.3) is 0 Å². The third-order valence-electron chi connectivity index (χ3n) is 4.04. The van der Waals surface area contributed by atoms with Gasteiger partial charge in [-0.2, -0.15) is 0 Å². The van der Waals surface area contributed by atoms with Gasteiger partial charge in [0.2, 0.25) is 0 Å². The molecule has 1 saturated carbocycles. The summed E-state index contributed by atoms with van der Waals surface area (Å²) in [5.41, 5.74) is 2.69. The lowest BCUT2D eigenvalue weighted by Crippen LogP contribution is -2.47. The Balaban J connectivity index is 2.38. The van der Waals surface area contributed by atoms with Gasteiger partial charge < -0.3 is 5.11 Å². The third kappa shape index (κ3) is 1.97. The largest absolute Gasteiger partial charge is 0.481 e. The molecule has 0 radical (unpaired) electrons. The average Bonchev–Trinajstić information content (AvgIpc) is 2.14. The Morgan fingerprint density at radius 3 is 2.24 bits per heavy atom. The average molecular weight is 232 g/mol. The van der Waals surface area contributed by atoms with Gasteiger partial charge in [-0.25, -0.2) is 0 Å². The molecule has 92 valence electrons. The Morgan fingerprint density at radius 1 is 1.29 bits per heavy atom. The normalized spacial score (nSPS) is 27.6. The second-order valence-corrected chi connectivity index (χ2v) is 5.45. The summed E-state index contributed by atoms with van der Waals surface area (Å²) >= 11 is 0. The van der Waals surface area contributed by atoms with Crippen molar-refractivity contribution in [3.8, 4) is 0 Å². The molecule has 0 saturated heterocycles. The number of carboxylic acid groups (broad SMARTS) is 1. The van der Waals surface area contributed by atoms with E-state index in [2.05, 4.69) is 13.0 Å². The van der Waals surface area contributed by atoms with E-state index in [0.29, 0.717) is 5.92 Å². The van der Waals surface area contributed by atoms with Crippen LogP contribution in [0.5, 0.6) is 0 Å². The van der Waals surface area contributed by atoms with Crippen LogP contribution in [0.2, 0.25) is 0 Å². The Kier molecular flexibility index (Phi) is 2.98. The van der Waals surface area contributed by atoms with E-state index in [1.165, 1.54) is 0 Å². The van der Waals surface area contributed by atoms with Crippen LogP contribution in [0, 0.1) is 19.8 Å². The highest BCUT2D eigenvalue weighted by molar-refractivity contribution is 5.83. The molecule has 1 fully saturated rings. The van der Waals surface area contributed by atoms with Crippen LogP contribution >= 0.6 is 0 Å². The standard InChI is InChI=1S/C15H20O2/c1-4-12-8-15(9-12,14(16)17)13-6-10(2)5-11(3)7-13/h5-7,12H,4,8-9H2,1-3H3,(H,16,17). The first kappa shape index (κ1) is 12.2. The van der Waals surface area contributed by atoms with E-state index in [1.807, 2.05) is 26.0 Å². The maximum absolute atomic E-state index is 11.6. The molecule has 0 unspecified atom stereocenters. The third-order valence-corrected chi connectivity index (χ3v) is 4.04. The van der Waals surface area contributed by atoms with Gasteiger partial charge in [0, 0.05) is 0 Å². The summed E-state index contributed by atoms with van der Waals surface area (Å²) in [4.78, 5) is 11.6. The molecule has 2 rings (SSSR count). The van der Waals surface area contributed by atoms with Crippen LogP contribution in [0.3, 0.4) is 0 Å². The molecule has 2 nitrogen and oxygen atoms in total. The van der Waals surface area contributed by atoms with Crippen molar-refractivity contribution in [2.45, 2.75) is 45.4 Å². The van der Waals surface area contributed by atoms with E-state index >= 15 is 0 Å². The van der Waals surface area contributed by atoms with E-state index < -0.39 is 11.4 Å². The molecule has 0 heterocycles. The van der Waals surface area contributed by atoms with Crippen molar-refractivity contribution < 1.29 is 9.90 Å². The van der Waals surface area contributed by atoms with Gasteiger partial charge >= 0.3 is 5.97 Å². The molecule has 1 aromatic carbocycles. The first-order chi connectivity index (χ1) is 7.98. The highest BCUT2D eigenvalue weighted by Crippen LogP contribution is 2.49. The predicted molar refractivity (Wildman–Crippen MR) is 68.2 cm³/mol. The van der Waals surface area contributed by atoms with Crippen LogP contribution in [-0.2, 0) is 10.2 Å². The zero-order chi connectivity index (χ0) is 12.6. The maximum atomic E-state index is 11.6. The fourth-order valence-electron chi connectivity index (χ4n) is 3.00. The van der Waals surface area contributed by atoms with E-state index in [-0.39, 0.29) is 0 Å². The Bertz CT molecular complexity index is 422. The van der Waals surface area contributed by atoms with E-state index in [9.17, 15) is 9.90 Å². The molecule has 0 amide bonds. The molecule has 2 heteroatoms. The van der Waals surface area contributed by atoms with Gasteiger partial charge in [-0.1, -0.05) is 42.7 Å². The van der Waals surface area contributed by atoms with Gasteiger partial charge in [-0.15, -0.1) is 0 Å². The minimum absolute atomic E-state index is 0.576. The zero-order valence-corrected chi connectivity index (χ0v) is 10.8. The number of rotatable bonds is 3. The molecule has 1 aromatic rings. The molecule has 1 aliphatic rings. The Hall–Kier alpha value is -1.31. The molecule has 1 N–H and O–H groups in total. The number of hydrogen-bond acceptors (Lipinski definition) is 1. The van der Waals surface area contributed by atoms with Crippen molar-refractivity contribution in [3.05, 3.63) is 34.9 Å². The number of aliphatic carboxylic acids is 1. The summed E-state index contributed by atoms with van der Waals surface area (Å²) in [6.45, 7) is 6.20. The van der Waals surface area contributed by atoms with Gasteiger partial charge in [0.1, 0.15) is 0 Å². The van der Waals surface area contributed by atoms with Crippen LogP contribution in [0.25, 0.3) is 0 Å². The van der Waals surface area contributed by atoms with Crippen LogP contribution in [-0.4, -0.2) is 11.1 Å². The fourth-order valence-corrected chi connectivity index (χ4v) is 3.00. The first-order valence-electron chi connectivity index (χ1n) is 6.30. The lowest BCUT2D eigenvalue weighted by Gasteiger charge is -2.45. The number of aryl methyl sites for hydroxylation is 2. The van der Waals surface area contributed by atoms with Crippen LogP contribution in [0.15, 0.2) is 18.2 Å². The smallest absolute Gasteiger partial charge is 0.314 e. The van der Waals surface area contributed by atoms with Crippen molar-refractivity contribution in [2.24, 2.45) is 5.92 Å². The minimum Gasteiger partial charge on any atom is -0.481 e. The van der Waals surface area contributed by atoms with Crippen molar-refractivity contribution in [2.75, 3.05) is 0 Å².